The molecule has 12 aromatic carbocycles. The maximum atomic E-state index is 2.71. The maximum absolute atomic E-state index is 2.71. The molecule has 15 rings (SSSR count). The molecule has 0 saturated heterocycles. The summed E-state index contributed by atoms with van der Waals surface area (Å²) in [5.41, 5.74) is 30.1. The maximum Gasteiger partial charge on any atom is 0.252 e. The lowest BCUT2D eigenvalue weighted by Gasteiger charge is -2.46. The van der Waals surface area contributed by atoms with Crippen molar-refractivity contribution in [3.05, 3.63) is 290 Å². The predicted molar refractivity (Wildman–Crippen MR) is 378 cm³/mol. The fourth-order valence-electron chi connectivity index (χ4n) is 14.2. The Morgan fingerprint density at radius 3 is 1.20 bits per heavy atom. The molecule has 2 aliphatic rings. The fraction of sp³-hybridized carbons (Fsp3) is 0.143. The van der Waals surface area contributed by atoms with E-state index in [0.717, 1.165) is 30.6 Å². The van der Waals surface area contributed by atoms with Gasteiger partial charge in [-0.2, -0.15) is 0 Å². The van der Waals surface area contributed by atoms with Crippen LogP contribution < -0.4 is 26.2 Å². The van der Waals surface area contributed by atoms with Crippen LogP contribution in [0, 0.1) is 0 Å². The Labute approximate surface area is 519 Å². The van der Waals surface area contributed by atoms with Crippen LogP contribution in [0.25, 0.3) is 83.1 Å². The normalized spacial score (nSPS) is 12.8. The van der Waals surface area contributed by atoms with Gasteiger partial charge in [0.2, 0.25) is 0 Å². The van der Waals surface area contributed by atoms with Crippen LogP contribution >= 0.6 is 0 Å². The molecule has 426 valence electrons. The molecule has 3 nitrogen and oxygen atoms in total. The quantitative estimate of drug-likeness (QED) is 0.120. The molecule has 0 amide bonds. The molecule has 0 aliphatic carbocycles. The van der Waals surface area contributed by atoms with Gasteiger partial charge in [0.15, 0.2) is 0 Å². The molecular formula is C84H72BN3. The lowest BCUT2D eigenvalue weighted by Crippen LogP contribution is -2.61. The molecular weight excluding hydrogens is 1060 g/mol. The summed E-state index contributed by atoms with van der Waals surface area (Å²) in [6, 6.07) is 103. The molecule has 1 aromatic heterocycles. The van der Waals surface area contributed by atoms with Gasteiger partial charge in [0.05, 0.1) is 22.4 Å². The summed E-state index contributed by atoms with van der Waals surface area (Å²) in [5, 5.41) is 2.56. The van der Waals surface area contributed by atoms with Gasteiger partial charge in [-0.15, -0.1) is 0 Å². The van der Waals surface area contributed by atoms with Gasteiger partial charge in [-0.1, -0.05) is 273 Å². The molecule has 0 N–H and O–H groups in total. The van der Waals surface area contributed by atoms with Crippen LogP contribution in [0.15, 0.2) is 273 Å². The van der Waals surface area contributed by atoms with Gasteiger partial charge < -0.3 is 14.4 Å². The fourth-order valence-corrected chi connectivity index (χ4v) is 14.2. The van der Waals surface area contributed by atoms with Gasteiger partial charge in [0.25, 0.3) is 6.71 Å². The van der Waals surface area contributed by atoms with Crippen molar-refractivity contribution in [2.75, 3.05) is 9.80 Å². The van der Waals surface area contributed by atoms with Gasteiger partial charge in [0.1, 0.15) is 0 Å². The summed E-state index contributed by atoms with van der Waals surface area (Å²) in [4.78, 5) is 5.39. The number of hydrogen-bond donors (Lipinski definition) is 0. The zero-order valence-corrected chi connectivity index (χ0v) is 51.5. The lowest BCUT2D eigenvalue weighted by atomic mass is 9.33. The topological polar surface area (TPSA) is 11.4 Å². The third-order valence-electron chi connectivity index (χ3n) is 18.7. The highest BCUT2D eigenvalue weighted by molar-refractivity contribution is 7.00. The smallest absolute Gasteiger partial charge is 0.252 e. The number of anilines is 6. The first-order chi connectivity index (χ1) is 42.9. The number of benzene rings is 12. The van der Waals surface area contributed by atoms with Gasteiger partial charge >= 0.3 is 0 Å². The Kier molecular flexibility index (Phi) is 13.6. The average molecular weight is 1130 g/mol. The van der Waals surface area contributed by atoms with Gasteiger partial charge in [-0.25, -0.2) is 0 Å². The summed E-state index contributed by atoms with van der Waals surface area (Å²) in [6.07, 6.45) is 3.08. The first-order valence-corrected chi connectivity index (χ1v) is 31.6. The number of nitrogens with zero attached hydrogens (tertiary/aromatic N) is 3. The molecule has 0 bridgehead atoms. The van der Waals surface area contributed by atoms with Crippen LogP contribution in [0.5, 0.6) is 0 Å². The number of fused-ring (bicyclic) bond motifs is 7. The predicted octanol–water partition coefficient (Wildman–Crippen LogP) is 21.1. The van der Waals surface area contributed by atoms with E-state index in [4.69, 9.17) is 0 Å². The zero-order chi connectivity index (χ0) is 59.8. The second kappa shape index (κ2) is 21.8. The highest BCUT2D eigenvalue weighted by Crippen LogP contribution is 2.54. The summed E-state index contributed by atoms with van der Waals surface area (Å²) >= 11 is 0. The first kappa shape index (κ1) is 54.7. The summed E-state index contributed by atoms with van der Waals surface area (Å²) in [6.45, 7) is 16.1. The number of aryl methyl sites for hydroxylation is 1. The molecule has 0 saturated carbocycles. The Hall–Kier alpha value is -9.90. The average Bonchev–Trinajstić information content (AvgIpc) is 0.776. The number of rotatable bonds is 11. The van der Waals surface area contributed by atoms with Gasteiger partial charge in [-0.05, 0) is 145 Å². The number of hydrogen-bond acceptors (Lipinski definition) is 2. The van der Waals surface area contributed by atoms with Crippen molar-refractivity contribution in [2.24, 2.45) is 0 Å². The first-order valence-electron chi connectivity index (χ1n) is 31.6. The Morgan fingerprint density at radius 2 is 0.773 bits per heavy atom. The zero-order valence-electron chi connectivity index (χ0n) is 51.5. The third-order valence-corrected chi connectivity index (χ3v) is 18.7. The van der Waals surface area contributed by atoms with Crippen molar-refractivity contribution in [2.45, 2.75) is 78.6 Å². The minimum atomic E-state index is -0.157. The van der Waals surface area contributed by atoms with E-state index in [1.54, 1.807) is 0 Å². The number of aromatic nitrogens is 1. The van der Waals surface area contributed by atoms with Crippen LogP contribution in [0.1, 0.15) is 78.0 Å². The molecule has 0 radical (unpaired) electrons. The van der Waals surface area contributed by atoms with E-state index in [9.17, 15) is 0 Å². The highest BCUT2D eigenvalue weighted by atomic mass is 15.2. The molecule has 4 heteroatoms. The van der Waals surface area contributed by atoms with Crippen molar-refractivity contribution in [3.8, 4) is 61.3 Å². The Bertz CT molecular complexity index is 4590. The molecule has 0 unspecified atom stereocenters. The summed E-state index contributed by atoms with van der Waals surface area (Å²) in [5.74, 6) is 0. The van der Waals surface area contributed by atoms with Crippen molar-refractivity contribution in [3.63, 3.8) is 0 Å². The van der Waals surface area contributed by atoms with Crippen molar-refractivity contribution >= 4 is 79.0 Å². The Morgan fingerprint density at radius 1 is 0.341 bits per heavy atom. The number of para-hydroxylation sites is 2. The lowest BCUT2D eigenvalue weighted by molar-refractivity contribution is 0.590. The van der Waals surface area contributed by atoms with Crippen LogP contribution in [-0.4, -0.2) is 11.3 Å². The van der Waals surface area contributed by atoms with Crippen molar-refractivity contribution in [1.29, 1.82) is 0 Å². The van der Waals surface area contributed by atoms with E-state index in [1.807, 2.05) is 0 Å². The van der Waals surface area contributed by atoms with Crippen LogP contribution in [-0.2, 0) is 17.3 Å². The van der Waals surface area contributed by atoms with E-state index >= 15 is 0 Å². The van der Waals surface area contributed by atoms with E-state index < -0.39 is 0 Å². The van der Waals surface area contributed by atoms with Crippen molar-refractivity contribution < 1.29 is 0 Å². The summed E-state index contributed by atoms with van der Waals surface area (Å²) in [7, 11) is 0. The van der Waals surface area contributed by atoms with Gasteiger partial charge in [-0.3, -0.25) is 0 Å². The molecule has 0 fully saturated rings. The molecule has 88 heavy (non-hydrogen) atoms. The van der Waals surface area contributed by atoms with E-state index in [0.29, 0.717) is 0 Å². The van der Waals surface area contributed by atoms with Gasteiger partial charge in [0, 0.05) is 61.5 Å². The van der Waals surface area contributed by atoms with Crippen LogP contribution in [0.4, 0.5) is 34.1 Å². The summed E-state index contributed by atoms with van der Waals surface area (Å²) < 4.78 is 2.55. The van der Waals surface area contributed by atoms with Crippen LogP contribution in [0.2, 0.25) is 0 Å². The molecule has 3 heterocycles. The van der Waals surface area contributed by atoms with Crippen LogP contribution in [0.3, 0.4) is 0 Å². The number of unbranched alkanes of at least 4 members (excludes halogenated alkanes) is 1. The monoisotopic (exact) mass is 1130 g/mol. The van der Waals surface area contributed by atoms with E-state index in [2.05, 4.69) is 336 Å². The Balaban J connectivity index is 1.10. The molecule has 13 aromatic rings. The van der Waals surface area contributed by atoms with E-state index in [1.165, 1.54) is 139 Å². The molecule has 2 aliphatic heterocycles. The minimum Gasteiger partial charge on any atom is -0.310 e. The third kappa shape index (κ3) is 9.36. The van der Waals surface area contributed by atoms with E-state index in [-0.39, 0.29) is 17.5 Å². The van der Waals surface area contributed by atoms with Crippen molar-refractivity contribution in [1.82, 2.24) is 4.57 Å². The standard InChI is InChI=1S/C84H72BN3/c1-8-9-27-56-50-78-80-79(51-56)88(82-68(60-34-21-13-22-35-60)40-26-41-69(82)61-36-23-14-24-37-61)77-55-65(86-74-48-43-63(83(2,3)4)53-70(74)71-54-64(84(5,6)7)44-49-75(71)86)45-46-72(77)85(80)73-52-62(57-28-15-10-16-29-57)42-47-76(73)87(78)81-66(58-30-17-11-18-31-58)38-25-39-67(81)59-32-19-12-20-33-59/h10-26,28-55H,8-9,27H2,1-7H3. The largest absolute Gasteiger partial charge is 0.310 e. The highest BCUT2D eigenvalue weighted by Gasteiger charge is 2.45. The molecule has 0 spiro atoms. The second-order valence-electron chi connectivity index (χ2n) is 26.3. The molecule has 0 atom stereocenters. The SMILES string of the molecule is CCCCc1cc2c3c(c1)N(c1c(-c4ccccc4)cccc1-c1ccccc1)c1cc(-n4c5ccc(C(C)(C)C)cc5c5cc(C(C)(C)C)ccc54)ccc1B3c1cc(-c3ccccc3)ccc1N2c1c(-c2ccccc2)cccc1-c1ccccc1. The minimum absolute atomic E-state index is 0.0274. The second-order valence-corrected chi connectivity index (χ2v) is 26.3.